The van der Waals surface area contributed by atoms with Crippen molar-refractivity contribution in [2.45, 2.75) is 18.9 Å². The Morgan fingerprint density at radius 3 is 2.35 bits per heavy atom. The third-order valence-electron chi connectivity index (χ3n) is 3.44. The Labute approximate surface area is 132 Å². The van der Waals surface area contributed by atoms with Crippen molar-refractivity contribution >= 4 is 9.84 Å². The normalized spacial score (nSPS) is 20.3. The van der Waals surface area contributed by atoms with Crippen molar-refractivity contribution in [2.24, 2.45) is 5.92 Å². The molecular formula is C14H18F3NO4S. The van der Waals surface area contributed by atoms with Crippen LogP contribution in [0.15, 0.2) is 24.3 Å². The molecule has 0 radical (unpaired) electrons. The standard InChI is InChI=1S/C14H18F3NO4S/c1-23(19,20)9-13(10-6-7-18-8-10)21-11-2-4-12(5-3-11)22-14(15,16)17/h2-5,10,13,18H,6-9H2,1H3/t10?,13-/m0/s1. The molecule has 1 N–H and O–H groups in total. The van der Waals surface area contributed by atoms with Crippen LogP contribution in [0.5, 0.6) is 11.5 Å². The molecule has 1 aromatic carbocycles. The molecule has 2 rings (SSSR count). The van der Waals surface area contributed by atoms with Gasteiger partial charge in [0.05, 0.1) is 5.75 Å². The monoisotopic (exact) mass is 353 g/mol. The van der Waals surface area contributed by atoms with Gasteiger partial charge in [-0.15, -0.1) is 13.2 Å². The van der Waals surface area contributed by atoms with Crippen LogP contribution in [0.25, 0.3) is 0 Å². The summed E-state index contributed by atoms with van der Waals surface area (Å²) in [7, 11) is -3.24. The van der Waals surface area contributed by atoms with E-state index < -0.39 is 22.3 Å². The van der Waals surface area contributed by atoms with E-state index in [-0.39, 0.29) is 17.4 Å². The van der Waals surface area contributed by atoms with Gasteiger partial charge in [0, 0.05) is 18.7 Å². The van der Waals surface area contributed by atoms with Gasteiger partial charge >= 0.3 is 6.36 Å². The van der Waals surface area contributed by atoms with Crippen molar-refractivity contribution in [2.75, 3.05) is 25.1 Å². The lowest BCUT2D eigenvalue weighted by molar-refractivity contribution is -0.274. The molecule has 1 unspecified atom stereocenters. The fourth-order valence-corrected chi connectivity index (χ4v) is 3.39. The summed E-state index contributed by atoms with van der Waals surface area (Å²) in [6.07, 6.45) is -3.38. The highest BCUT2D eigenvalue weighted by Crippen LogP contribution is 2.26. The number of sulfone groups is 1. The van der Waals surface area contributed by atoms with Gasteiger partial charge in [-0.05, 0) is 37.2 Å². The summed E-state index contributed by atoms with van der Waals surface area (Å²) < 4.78 is 68.9. The maximum Gasteiger partial charge on any atom is 0.573 e. The van der Waals surface area contributed by atoms with Crippen molar-refractivity contribution in [3.8, 4) is 11.5 Å². The van der Waals surface area contributed by atoms with Gasteiger partial charge in [-0.2, -0.15) is 0 Å². The number of hydrogen-bond donors (Lipinski definition) is 1. The number of rotatable bonds is 6. The molecule has 0 bridgehead atoms. The first kappa shape index (κ1) is 17.9. The van der Waals surface area contributed by atoms with Gasteiger partial charge in [0.15, 0.2) is 9.84 Å². The first-order chi connectivity index (χ1) is 10.6. The summed E-state index contributed by atoms with van der Waals surface area (Å²) in [6.45, 7) is 1.43. The van der Waals surface area contributed by atoms with E-state index in [4.69, 9.17) is 4.74 Å². The summed E-state index contributed by atoms with van der Waals surface area (Å²) in [5, 5.41) is 3.14. The van der Waals surface area contributed by atoms with Gasteiger partial charge in [-0.3, -0.25) is 0 Å². The van der Waals surface area contributed by atoms with Crippen molar-refractivity contribution < 1.29 is 31.1 Å². The summed E-state index contributed by atoms with van der Waals surface area (Å²) in [5.74, 6) is -0.150. The van der Waals surface area contributed by atoms with Crippen molar-refractivity contribution in [1.29, 1.82) is 0 Å². The van der Waals surface area contributed by atoms with Gasteiger partial charge in [-0.1, -0.05) is 0 Å². The largest absolute Gasteiger partial charge is 0.573 e. The molecule has 23 heavy (non-hydrogen) atoms. The Bertz CT molecular complexity index is 610. The summed E-state index contributed by atoms with van der Waals surface area (Å²) >= 11 is 0. The van der Waals surface area contributed by atoms with Gasteiger partial charge < -0.3 is 14.8 Å². The molecule has 0 amide bonds. The molecule has 1 aliphatic rings. The Morgan fingerprint density at radius 2 is 1.87 bits per heavy atom. The third kappa shape index (κ3) is 6.26. The van der Waals surface area contributed by atoms with Crippen LogP contribution in [-0.4, -0.2) is 46.0 Å². The lowest BCUT2D eigenvalue weighted by Crippen LogP contribution is -2.35. The zero-order valence-corrected chi connectivity index (χ0v) is 13.3. The average Bonchev–Trinajstić information content (AvgIpc) is 2.91. The molecule has 0 aromatic heterocycles. The SMILES string of the molecule is CS(=O)(=O)C[C@H](Oc1ccc(OC(F)(F)F)cc1)C1CCNC1. The van der Waals surface area contributed by atoms with Gasteiger partial charge in [-0.25, -0.2) is 8.42 Å². The molecule has 5 nitrogen and oxygen atoms in total. The number of nitrogens with one attached hydrogen (secondary N) is 1. The summed E-state index contributed by atoms with van der Waals surface area (Å²) in [4.78, 5) is 0. The summed E-state index contributed by atoms with van der Waals surface area (Å²) in [5.41, 5.74) is 0. The van der Waals surface area contributed by atoms with Crippen LogP contribution >= 0.6 is 0 Å². The Kier molecular flexibility index (Phi) is 5.41. The first-order valence-electron chi connectivity index (χ1n) is 7.03. The fourth-order valence-electron chi connectivity index (χ4n) is 2.45. The van der Waals surface area contributed by atoms with Crippen LogP contribution in [0.3, 0.4) is 0 Å². The van der Waals surface area contributed by atoms with Crippen molar-refractivity contribution in [3.63, 3.8) is 0 Å². The second kappa shape index (κ2) is 6.96. The highest BCUT2D eigenvalue weighted by Gasteiger charge is 2.31. The van der Waals surface area contributed by atoms with E-state index in [0.29, 0.717) is 12.3 Å². The zero-order chi connectivity index (χ0) is 17.1. The number of ether oxygens (including phenoxy) is 2. The lowest BCUT2D eigenvalue weighted by Gasteiger charge is -2.23. The third-order valence-corrected chi connectivity index (χ3v) is 4.37. The number of halogens is 3. The van der Waals surface area contributed by atoms with Crippen LogP contribution in [0, 0.1) is 5.92 Å². The second-order valence-electron chi connectivity index (χ2n) is 5.52. The Morgan fingerprint density at radius 1 is 1.26 bits per heavy atom. The van der Waals surface area contributed by atoms with Crippen LogP contribution in [0.1, 0.15) is 6.42 Å². The molecule has 1 fully saturated rings. The highest BCUT2D eigenvalue weighted by molar-refractivity contribution is 7.90. The molecule has 1 aliphatic heterocycles. The molecular weight excluding hydrogens is 335 g/mol. The van der Waals surface area contributed by atoms with Gasteiger partial charge in [0.25, 0.3) is 0 Å². The molecule has 0 spiro atoms. The van der Waals surface area contributed by atoms with Gasteiger partial charge in [0.1, 0.15) is 17.6 Å². The lowest BCUT2D eigenvalue weighted by atomic mass is 10.0. The summed E-state index contributed by atoms with van der Waals surface area (Å²) in [6, 6.07) is 4.93. The molecule has 9 heteroatoms. The highest BCUT2D eigenvalue weighted by atomic mass is 32.2. The quantitative estimate of drug-likeness (QED) is 0.847. The molecule has 1 aromatic rings. The minimum atomic E-state index is -4.75. The zero-order valence-electron chi connectivity index (χ0n) is 12.5. The van der Waals surface area contributed by atoms with E-state index in [0.717, 1.165) is 31.4 Å². The van der Waals surface area contributed by atoms with Crippen molar-refractivity contribution in [3.05, 3.63) is 24.3 Å². The number of alkyl halides is 3. The first-order valence-corrected chi connectivity index (χ1v) is 9.09. The topological polar surface area (TPSA) is 64.6 Å². The predicted octanol–water partition coefficient (Wildman–Crippen LogP) is 1.99. The molecule has 130 valence electrons. The van der Waals surface area contributed by atoms with Crippen LogP contribution in [-0.2, 0) is 9.84 Å². The van der Waals surface area contributed by atoms with Gasteiger partial charge in [0.2, 0.25) is 0 Å². The molecule has 2 atom stereocenters. The van der Waals surface area contributed by atoms with E-state index in [1.807, 2.05) is 0 Å². The molecule has 0 aliphatic carbocycles. The van der Waals surface area contributed by atoms with Crippen LogP contribution in [0.2, 0.25) is 0 Å². The maximum absolute atomic E-state index is 12.1. The van der Waals surface area contributed by atoms with E-state index >= 15 is 0 Å². The maximum atomic E-state index is 12.1. The average molecular weight is 353 g/mol. The van der Waals surface area contributed by atoms with Crippen molar-refractivity contribution in [1.82, 2.24) is 5.32 Å². The minimum Gasteiger partial charge on any atom is -0.489 e. The van der Waals surface area contributed by atoms with Crippen LogP contribution < -0.4 is 14.8 Å². The smallest absolute Gasteiger partial charge is 0.489 e. The van der Waals surface area contributed by atoms with Crippen LogP contribution in [0.4, 0.5) is 13.2 Å². The Balaban J connectivity index is 2.06. The minimum absolute atomic E-state index is 0.0378. The fraction of sp³-hybridized carbons (Fsp3) is 0.571. The molecule has 0 saturated carbocycles. The molecule has 1 saturated heterocycles. The van der Waals surface area contributed by atoms with E-state index in [2.05, 4.69) is 10.1 Å². The van der Waals surface area contributed by atoms with E-state index in [1.54, 1.807) is 0 Å². The predicted molar refractivity (Wildman–Crippen MR) is 78.2 cm³/mol. The Hall–Kier alpha value is -1.48. The number of hydrogen-bond acceptors (Lipinski definition) is 5. The van der Waals surface area contributed by atoms with E-state index in [9.17, 15) is 21.6 Å². The van der Waals surface area contributed by atoms with E-state index in [1.165, 1.54) is 12.1 Å². The second-order valence-corrected chi connectivity index (χ2v) is 7.71. The number of benzene rings is 1. The molecule has 1 heterocycles.